The number of nitro groups is 2. The Bertz CT molecular complexity index is 3800. The predicted octanol–water partition coefficient (Wildman–Crippen LogP) is 9.38. The molecule has 19 heteroatoms. The highest BCUT2D eigenvalue weighted by Gasteiger charge is 2.33. The van der Waals surface area contributed by atoms with Crippen LogP contribution in [0.4, 0.5) is 11.4 Å². The number of nitrogens with zero attached hydrogens (tertiary/aromatic N) is 3. The molecule has 0 radical (unpaired) electrons. The first-order valence-electron chi connectivity index (χ1n) is 19.5. The Kier molecular flexibility index (Phi) is 10.3. The first kappa shape index (κ1) is 42.3. The molecule has 0 amide bonds. The number of non-ortho nitro benzene ring substituents is 2. The van der Waals surface area contributed by atoms with Crippen LogP contribution in [-0.4, -0.2) is 56.0 Å². The highest BCUT2D eigenvalue weighted by Crippen LogP contribution is 2.40. The number of nitro benzene ring substituents is 2. The summed E-state index contributed by atoms with van der Waals surface area (Å²) < 4.78 is 14.3. The molecular weight excluding hydrogens is 875 g/mol. The summed E-state index contributed by atoms with van der Waals surface area (Å²) in [6.45, 7) is 0. The minimum absolute atomic E-state index is 0.0787. The lowest BCUT2D eigenvalue weighted by Gasteiger charge is -2.17. The number of ether oxygens (including phenoxy) is 3. The zero-order valence-electron chi connectivity index (χ0n) is 33.6. The van der Waals surface area contributed by atoms with Gasteiger partial charge in [0, 0.05) is 33.7 Å². The Morgan fingerprint density at radius 1 is 0.358 bits per heavy atom. The molecule has 19 nitrogen and oxygen atoms in total. The van der Waals surface area contributed by atoms with Gasteiger partial charge in [-0.1, -0.05) is 84.9 Å². The van der Waals surface area contributed by atoms with Gasteiger partial charge in [-0.05, 0) is 68.7 Å². The fraction of sp³-hybridized carbons (Fsp3) is 0. The third kappa shape index (κ3) is 7.15. The minimum atomic E-state index is -1.50. The Hall–Kier alpha value is -10.0. The number of fused-ring (bicyclic) bond motifs is 6. The molecule has 0 fully saturated rings. The second-order valence-corrected chi connectivity index (χ2v) is 14.7. The average molecular weight is 898 g/mol. The van der Waals surface area contributed by atoms with Crippen molar-refractivity contribution in [1.29, 1.82) is 0 Å². The van der Waals surface area contributed by atoms with Crippen molar-refractivity contribution in [3.8, 4) is 0 Å². The van der Waals surface area contributed by atoms with E-state index in [1.807, 2.05) is 36.4 Å². The fourth-order valence-electron chi connectivity index (χ4n) is 8.54. The van der Waals surface area contributed by atoms with Gasteiger partial charge < -0.3 is 19.4 Å². The molecule has 0 saturated heterocycles. The van der Waals surface area contributed by atoms with Crippen LogP contribution in [0.15, 0.2) is 133 Å². The van der Waals surface area contributed by atoms with Crippen molar-refractivity contribution in [2.24, 2.45) is 0 Å². The zero-order chi connectivity index (χ0) is 47.4. The molecule has 0 bridgehead atoms. The summed E-state index contributed by atoms with van der Waals surface area (Å²) in [5.41, 5.74) is 1.48. The molecule has 9 aromatic carbocycles. The predicted molar refractivity (Wildman–Crippen MR) is 236 cm³/mol. The van der Waals surface area contributed by atoms with Gasteiger partial charge in [-0.2, -0.15) is 0 Å². The molecule has 0 spiro atoms. The van der Waals surface area contributed by atoms with Crippen LogP contribution in [0.1, 0.15) is 62.1 Å². The smallest absolute Gasteiger partial charge is 0.347 e. The van der Waals surface area contributed by atoms with E-state index < -0.39 is 50.7 Å². The van der Waals surface area contributed by atoms with E-state index in [1.54, 1.807) is 78.9 Å². The first-order valence-corrected chi connectivity index (χ1v) is 19.5. The van der Waals surface area contributed by atoms with Crippen molar-refractivity contribution in [2.75, 3.05) is 0 Å². The monoisotopic (exact) mass is 897 g/mol. The molecule has 326 valence electrons. The largest absolute Gasteiger partial charge is 0.386 e. The van der Waals surface area contributed by atoms with Crippen molar-refractivity contribution in [2.45, 2.75) is 0 Å². The van der Waals surface area contributed by atoms with Crippen LogP contribution < -0.4 is 0 Å². The van der Waals surface area contributed by atoms with Crippen LogP contribution in [0.25, 0.3) is 64.6 Å². The summed E-state index contributed by atoms with van der Waals surface area (Å²) in [4.78, 5) is 102. The topological polar surface area (TPSA) is 280 Å². The number of cyclic esters (lactones) is 6. The molecule has 0 saturated carbocycles. The summed E-state index contributed by atoms with van der Waals surface area (Å²) in [6.07, 6.45) is 0. The number of carbonyl (C=O) groups is 6. The summed E-state index contributed by atoms with van der Waals surface area (Å²) in [5.74, 6) is -4.20. The van der Waals surface area contributed by atoms with Crippen LogP contribution in [0.2, 0.25) is 0 Å². The maximum Gasteiger partial charge on any atom is 0.347 e. The number of benzene rings is 9. The minimum Gasteiger partial charge on any atom is -0.386 e. The van der Waals surface area contributed by atoms with E-state index in [0.29, 0.717) is 59.8 Å². The quantitative estimate of drug-likeness (QED) is 0.0422. The van der Waals surface area contributed by atoms with E-state index in [-0.39, 0.29) is 33.5 Å². The third-order valence-corrected chi connectivity index (χ3v) is 11.1. The van der Waals surface area contributed by atoms with Gasteiger partial charge in [0.05, 0.1) is 54.0 Å². The van der Waals surface area contributed by atoms with Gasteiger partial charge >= 0.3 is 35.8 Å². The number of rotatable bonds is 2. The van der Waals surface area contributed by atoms with Crippen molar-refractivity contribution >= 4 is 112 Å². The van der Waals surface area contributed by atoms with Gasteiger partial charge in [-0.15, -0.1) is 10.1 Å². The molecule has 0 unspecified atom stereocenters. The average Bonchev–Trinajstić information content (AvgIpc) is 3.29. The van der Waals surface area contributed by atoms with Crippen molar-refractivity contribution in [1.82, 2.24) is 0 Å². The molecule has 0 aliphatic carbocycles. The van der Waals surface area contributed by atoms with E-state index >= 15 is 0 Å². The Morgan fingerprint density at radius 3 is 1.24 bits per heavy atom. The van der Waals surface area contributed by atoms with E-state index in [1.165, 1.54) is 18.2 Å². The summed E-state index contributed by atoms with van der Waals surface area (Å²) in [7, 11) is 0. The normalized spacial score (nSPS) is 13.1. The van der Waals surface area contributed by atoms with E-state index in [2.05, 4.69) is 0 Å². The fourth-order valence-corrected chi connectivity index (χ4v) is 8.54. The van der Waals surface area contributed by atoms with E-state index in [4.69, 9.17) is 29.5 Å². The third-order valence-electron chi connectivity index (χ3n) is 11.1. The second-order valence-electron chi connectivity index (χ2n) is 14.7. The lowest BCUT2D eigenvalue weighted by Crippen LogP contribution is -2.20. The molecule has 3 heterocycles. The number of hydrogen-bond donors (Lipinski definition) is 1. The van der Waals surface area contributed by atoms with Crippen LogP contribution in [0, 0.1) is 30.3 Å². The Balaban J connectivity index is 0.000000121. The van der Waals surface area contributed by atoms with Crippen LogP contribution in [0.5, 0.6) is 0 Å². The van der Waals surface area contributed by atoms with Gasteiger partial charge in [0.1, 0.15) is 0 Å². The first-order chi connectivity index (χ1) is 32.1. The molecule has 3 aliphatic rings. The van der Waals surface area contributed by atoms with Crippen molar-refractivity contribution < 1.29 is 63.1 Å². The number of carbonyl (C=O) groups excluding carboxylic acids is 6. The molecule has 1 N–H and O–H groups in total. The molecule has 67 heavy (non-hydrogen) atoms. The molecule has 0 atom stereocenters. The highest BCUT2D eigenvalue weighted by atomic mass is 16.9. The van der Waals surface area contributed by atoms with Gasteiger partial charge in [0.25, 0.3) is 16.5 Å². The van der Waals surface area contributed by atoms with Crippen LogP contribution in [0.3, 0.4) is 0 Å². The van der Waals surface area contributed by atoms with Crippen molar-refractivity contribution in [3.05, 3.63) is 197 Å². The Labute approximate surface area is 371 Å². The standard InChI is InChI=1S/2C16H7NO5.C16H8O3.HNO3/c18-15-10-5-1-3-8-7-11-9(4-2-6-12(11)17(20)21)14(13(8)10)16(19)22-15;18-15-10-5-1-3-8-7-9-4-2-6-11(17(20)21)13(9)14(12(8)10)16(19)22-15;17-15-12-7-3-5-10-8-9-4-1-2-6-11(9)14(13(10)12)16(18)19-15;2-1(3)4/h2*1-7H;1-8H;(H,2,3,4). The molecule has 9 aromatic rings. The molecule has 0 aromatic heterocycles. The lowest BCUT2D eigenvalue weighted by molar-refractivity contribution is -0.742. The maximum absolute atomic E-state index is 12.2. The van der Waals surface area contributed by atoms with Gasteiger partial charge in [0.2, 0.25) is 0 Å². The maximum atomic E-state index is 12.2. The van der Waals surface area contributed by atoms with Gasteiger partial charge in [-0.25, -0.2) is 28.8 Å². The highest BCUT2D eigenvalue weighted by molar-refractivity contribution is 6.29. The van der Waals surface area contributed by atoms with Crippen LogP contribution >= 0.6 is 0 Å². The second kappa shape index (κ2) is 16.3. The number of esters is 6. The summed E-state index contributed by atoms with van der Waals surface area (Å²) >= 11 is 0. The van der Waals surface area contributed by atoms with Gasteiger partial charge in [-0.3, -0.25) is 20.2 Å². The molecule has 3 aliphatic heterocycles. The zero-order valence-corrected chi connectivity index (χ0v) is 33.6. The number of hydrogen-bond acceptors (Lipinski definition) is 15. The van der Waals surface area contributed by atoms with Crippen molar-refractivity contribution in [3.63, 3.8) is 0 Å². The van der Waals surface area contributed by atoms with E-state index in [9.17, 15) is 49.0 Å². The molecule has 12 rings (SSSR count). The summed E-state index contributed by atoms with van der Waals surface area (Å²) in [5, 5.41) is 43.2. The summed E-state index contributed by atoms with van der Waals surface area (Å²) in [6, 6.07) is 37.4. The van der Waals surface area contributed by atoms with Gasteiger partial charge in [0.15, 0.2) is 0 Å². The Morgan fingerprint density at radius 2 is 0.716 bits per heavy atom. The van der Waals surface area contributed by atoms with E-state index in [0.717, 1.165) is 16.2 Å². The SMILES string of the molecule is O=C1OC(=O)c2c3c1cccc3cc1cccc([N+](=O)[O-])c21.O=C1OC(=O)c2c3cccc([N+](=O)[O-])c3cc3cccc1c23.O=C1OC(=O)c2c3ccccc3cc3cccc1c23.O=[N+]([O-])O. The van der Waals surface area contributed by atoms with Crippen LogP contribution in [-0.2, 0) is 14.2 Å². The lowest BCUT2D eigenvalue weighted by atomic mass is 9.91. The molecular formula is C48H23N3O16.